The van der Waals surface area contributed by atoms with Crippen LogP contribution < -0.4 is 4.74 Å². The van der Waals surface area contributed by atoms with Crippen LogP contribution in [0.2, 0.25) is 0 Å². The molecule has 0 unspecified atom stereocenters. The van der Waals surface area contributed by atoms with Crippen molar-refractivity contribution in [3.8, 4) is 11.5 Å². The lowest BCUT2D eigenvalue weighted by molar-refractivity contribution is 0.0696. The Hall–Kier alpha value is -2.47. The van der Waals surface area contributed by atoms with Crippen molar-refractivity contribution < 1.29 is 24.5 Å². The summed E-state index contributed by atoms with van der Waals surface area (Å²) in [4.78, 5) is 23.5. The van der Waals surface area contributed by atoms with Gasteiger partial charge < -0.3 is 14.9 Å². The van der Waals surface area contributed by atoms with E-state index in [-0.39, 0.29) is 17.1 Å². The number of phenolic OH excluding ortho intramolecular Hbond substituents is 1. The molecule has 0 aliphatic rings. The summed E-state index contributed by atoms with van der Waals surface area (Å²) < 4.78 is 5.83. The standard InChI is InChI=1S/C21H24O5S/c1-3-6-18-19(10-9-17(14(2)22)20(18)23)26-11-5-12-27-16-8-4-7-15(13-16)21(24)25/h4,7-10,13,23H,3,5-6,11-12H2,1-2H3,(H,24,25). The molecule has 2 aromatic carbocycles. The Bertz CT molecular complexity index is 816. The minimum Gasteiger partial charge on any atom is -0.507 e. The van der Waals surface area contributed by atoms with Crippen LogP contribution in [-0.4, -0.2) is 34.3 Å². The van der Waals surface area contributed by atoms with Gasteiger partial charge in [-0.15, -0.1) is 11.8 Å². The van der Waals surface area contributed by atoms with E-state index in [0.29, 0.717) is 29.9 Å². The molecular formula is C21H24O5S. The summed E-state index contributed by atoms with van der Waals surface area (Å²) in [5, 5.41) is 19.4. The lowest BCUT2D eigenvalue weighted by Gasteiger charge is -2.14. The smallest absolute Gasteiger partial charge is 0.335 e. The summed E-state index contributed by atoms with van der Waals surface area (Å²) in [6.45, 7) is 3.91. The van der Waals surface area contributed by atoms with Crippen LogP contribution in [0.5, 0.6) is 11.5 Å². The fourth-order valence-corrected chi connectivity index (χ4v) is 3.56. The molecule has 0 aliphatic heterocycles. The van der Waals surface area contributed by atoms with Gasteiger partial charge in [0, 0.05) is 16.2 Å². The third-order valence-corrected chi connectivity index (χ3v) is 5.10. The molecule has 0 atom stereocenters. The highest BCUT2D eigenvalue weighted by molar-refractivity contribution is 7.99. The van der Waals surface area contributed by atoms with E-state index >= 15 is 0 Å². The minimum absolute atomic E-state index is 0.0155. The number of Topliss-reactive ketones (excluding diaryl/α,β-unsaturated/α-hetero) is 1. The van der Waals surface area contributed by atoms with E-state index in [4.69, 9.17) is 9.84 Å². The molecule has 0 heterocycles. The second kappa shape index (κ2) is 10.0. The fourth-order valence-electron chi connectivity index (χ4n) is 2.68. The van der Waals surface area contributed by atoms with Gasteiger partial charge in [0.1, 0.15) is 11.5 Å². The number of ketones is 1. The second-order valence-electron chi connectivity index (χ2n) is 6.13. The van der Waals surface area contributed by atoms with Crippen molar-refractivity contribution in [3.05, 3.63) is 53.1 Å². The molecule has 5 nitrogen and oxygen atoms in total. The van der Waals surface area contributed by atoms with Crippen molar-refractivity contribution in [1.82, 2.24) is 0 Å². The Balaban J connectivity index is 1.91. The third kappa shape index (κ3) is 5.76. The first-order valence-electron chi connectivity index (χ1n) is 8.88. The van der Waals surface area contributed by atoms with Crippen LogP contribution in [0.15, 0.2) is 41.3 Å². The maximum absolute atomic E-state index is 11.6. The van der Waals surface area contributed by atoms with Gasteiger partial charge in [0.25, 0.3) is 0 Å². The van der Waals surface area contributed by atoms with Crippen molar-refractivity contribution in [1.29, 1.82) is 0 Å². The Morgan fingerprint density at radius 3 is 2.63 bits per heavy atom. The van der Waals surface area contributed by atoms with Gasteiger partial charge in [0.2, 0.25) is 0 Å². The topological polar surface area (TPSA) is 83.8 Å². The molecule has 0 amide bonds. The summed E-state index contributed by atoms with van der Waals surface area (Å²) in [7, 11) is 0. The zero-order valence-electron chi connectivity index (χ0n) is 15.5. The van der Waals surface area contributed by atoms with Crippen LogP contribution in [0, 0.1) is 0 Å². The Kier molecular flexibility index (Phi) is 7.73. The van der Waals surface area contributed by atoms with E-state index in [2.05, 4.69) is 0 Å². The molecule has 0 spiro atoms. The predicted molar refractivity (Wildman–Crippen MR) is 106 cm³/mol. The lowest BCUT2D eigenvalue weighted by Crippen LogP contribution is -2.04. The quantitative estimate of drug-likeness (QED) is 0.345. The zero-order valence-corrected chi connectivity index (χ0v) is 16.3. The van der Waals surface area contributed by atoms with Crippen molar-refractivity contribution in [2.75, 3.05) is 12.4 Å². The van der Waals surface area contributed by atoms with Crippen LogP contribution in [0.1, 0.15) is 53.0 Å². The van der Waals surface area contributed by atoms with E-state index in [1.807, 2.05) is 13.0 Å². The summed E-state index contributed by atoms with van der Waals surface area (Å²) in [6.07, 6.45) is 2.24. The number of carboxylic acids is 1. The molecule has 0 saturated heterocycles. The van der Waals surface area contributed by atoms with Crippen molar-refractivity contribution in [3.63, 3.8) is 0 Å². The highest BCUT2D eigenvalue weighted by Gasteiger charge is 2.15. The largest absolute Gasteiger partial charge is 0.507 e. The lowest BCUT2D eigenvalue weighted by atomic mass is 10.0. The van der Waals surface area contributed by atoms with Crippen LogP contribution in [-0.2, 0) is 6.42 Å². The van der Waals surface area contributed by atoms with Gasteiger partial charge in [-0.3, -0.25) is 4.79 Å². The molecule has 144 valence electrons. The number of thioether (sulfide) groups is 1. The number of carbonyl (C=O) groups is 2. The number of hydrogen-bond acceptors (Lipinski definition) is 5. The first-order valence-corrected chi connectivity index (χ1v) is 9.87. The zero-order chi connectivity index (χ0) is 19.8. The molecule has 0 aromatic heterocycles. The summed E-state index contributed by atoms with van der Waals surface area (Å²) >= 11 is 1.57. The van der Waals surface area contributed by atoms with Gasteiger partial charge in [-0.25, -0.2) is 4.79 Å². The number of rotatable bonds is 10. The molecule has 0 fully saturated rings. The molecule has 0 aliphatic carbocycles. The monoisotopic (exact) mass is 388 g/mol. The molecule has 2 rings (SSSR count). The molecular weight excluding hydrogens is 364 g/mol. The van der Waals surface area contributed by atoms with Gasteiger partial charge in [0.15, 0.2) is 5.78 Å². The van der Waals surface area contributed by atoms with E-state index in [0.717, 1.165) is 23.5 Å². The predicted octanol–water partition coefficient (Wildman–Crippen LogP) is 4.81. The molecule has 6 heteroatoms. The number of ether oxygens (including phenoxy) is 1. The first-order chi connectivity index (χ1) is 12.9. The van der Waals surface area contributed by atoms with Crippen molar-refractivity contribution in [2.45, 2.75) is 38.0 Å². The number of benzene rings is 2. The van der Waals surface area contributed by atoms with Crippen LogP contribution in [0.3, 0.4) is 0 Å². The summed E-state index contributed by atoms with van der Waals surface area (Å²) in [6, 6.07) is 10.2. The fraction of sp³-hybridized carbons (Fsp3) is 0.333. The van der Waals surface area contributed by atoms with E-state index < -0.39 is 5.97 Å². The molecule has 2 N–H and O–H groups in total. The third-order valence-electron chi connectivity index (χ3n) is 4.02. The van der Waals surface area contributed by atoms with Gasteiger partial charge in [-0.05, 0) is 50.1 Å². The molecule has 27 heavy (non-hydrogen) atoms. The maximum Gasteiger partial charge on any atom is 0.335 e. The first kappa shape index (κ1) is 20.8. The normalized spacial score (nSPS) is 10.6. The van der Waals surface area contributed by atoms with E-state index in [1.165, 1.54) is 6.92 Å². The molecule has 0 radical (unpaired) electrons. The summed E-state index contributed by atoms with van der Waals surface area (Å²) in [5.41, 5.74) is 1.27. The Morgan fingerprint density at radius 2 is 1.96 bits per heavy atom. The second-order valence-corrected chi connectivity index (χ2v) is 7.30. The molecule has 0 bridgehead atoms. The Morgan fingerprint density at radius 1 is 1.19 bits per heavy atom. The number of carbonyl (C=O) groups excluding carboxylic acids is 1. The Labute approximate surface area is 163 Å². The van der Waals surface area contributed by atoms with Crippen LogP contribution in [0.25, 0.3) is 0 Å². The van der Waals surface area contributed by atoms with Crippen molar-refractivity contribution in [2.24, 2.45) is 0 Å². The maximum atomic E-state index is 11.6. The average molecular weight is 388 g/mol. The number of aromatic hydroxyl groups is 1. The minimum atomic E-state index is -0.932. The number of hydrogen-bond donors (Lipinski definition) is 2. The van der Waals surface area contributed by atoms with Crippen molar-refractivity contribution >= 4 is 23.5 Å². The highest BCUT2D eigenvalue weighted by atomic mass is 32.2. The van der Waals surface area contributed by atoms with E-state index in [9.17, 15) is 14.7 Å². The highest BCUT2D eigenvalue weighted by Crippen LogP contribution is 2.33. The van der Waals surface area contributed by atoms with Gasteiger partial charge in [-0.1, -0.05) is 19.4 Å². The van der Waals surface area contributed by atoms with Crippen LogP contribution in [0.4, 0.5) is 0 Å². The van der Waals surface area contributed by atoms with Gasteiger partial charge in [-0.2, -0.15) is 0 Å². The van der Waals surface area contributed by atoms with Gasteiger partial charge in [0.05, 0.1) is 17.7 Å². The van der Waals surface area contributed by atoms with Crippen LogP contribution >= 0.6 is 11.8 Å². The summed E-state index contributed by atoms with van der Waals surface area (Å²) in [5.74, 6) is 0.303. The molecule has 0 saturated carbocycles. The number of aromatic carboxylic acids is 1. The average Bonchev–Trinajstić information content (AvgIpc) is 2.64. The number of carboxylic acid groups (broad SMARTS) is 1. The number of phenols is 1. The molecule has 2 aromatic rings. The SMILES string of the molecule is CCCc1c(OCCCSc2cccc(C(=O)O)c2)ccc(C(C)=O)c1O. The van der Waals surface area contributed by atoms with Gasteiger partial charge >= 0.3 is 5.97 Å². The van der Waals surface area contributed by atoms with E-state index in [1.54, 1.807) is 42.1 Å².